The second-order valence-corrected chi connectivity index (χ2v) is 5.50. The van der Waals surface area contributed by atoms with Crippen molar-refractivity contribution < 1.29 is 14.7 Å². The lowest BCUT2D eigenvalue weighted by Crippen LogP contribution is -2.25. The van der Waals surface area contributed by atoms with Gasteiger partial charge in [0.2, 0.25) is 5.91 Å². The number of nitrogens with one attached hydrogen (secondary N) is 1. The smallest absolute Gasteiger partial charge is 0.303 e. The Labute approximate surface area is 121 Å². The van der Waals surface area contributed by atoms with Crippen molar-refractivity contribution in [2.24, 2.45) is 0 Å². The molecule has 0 aliphatic carbocycles. The van der Waals surface area contributed by atoms with Crippen molar-refractivity contribution >= 4 is 35.2 Å². The molecular formula is C13H16ClNO3S. The number of rotatable bonds is 8. The number of carbonyl (C=O) groups is 2. The van der Waals surface area contributed by atoms with Crippen molar-refractivity contribution in [3.8, 4) is 0 Å². The van der Waals surface area contributed by atoms with Crippen LogP contribution < -0.4 is 5.32 Å². The Morgan fingerprint density at radius 2 is 1.89 bits per heavy atom. The molecule has 0 heterocycles. The predicted octanol–water partition coefficient (Wildman–Crippen LogP) is 2.80. The van der Waals surface area contributed by atoms with Crippen LogP contribution in [-0.4, -0.2) is 29.3 Å². The summed E-state index contributed by atoms with van der Waals surface area (Å²) in [4.78, 5) is 22.8. The molecule has 1 aromatic carbocycles. The van der Waals surface area contributed by atoms with Gasteiger partial charge in [0.1, 0.15) is 0 Å². The highest BCUT2D eigenvalue weighted by Gasteiger charge is 2.02. The van der Waals surface area contributed by atoms with Gasteiger partial charge in [-0.25, -0.2) is 0 Å². The summed E-state index contributed by atoms with van der Waals surface area (Å²) in [7, 11) is 0. The average molecular weight is 302 g/mol. The topological polar surface area (TPSA) is 66.4 Å². The zero-order chi connectivity index (χ0) is 14.1. The van der Waals surface area contributed by atoms with Crippen LogP contribution in [0, 0.1) is 0 Å². The van der Waals surface area contributed by atoms with Gasteiger partial charge in [0, 0.05) is 35.1 Å². The third kappa shape index (κ3) is 7.74. The summed E-state index contributed by atoms with van der Waals surface area (Å²) in [5, 5.41) is 11.8. The van der Waals surface area contributed by atoms with Crippen LogP contribution in [0.2, 0.25) is 5.02 Å². The SMILES string of the molecule is O=C(O)CCCNC(=O)CCSc1ccc(Cl)cc1. The van der Waals surface area contributed by atoms with Crippen LogP contribution >= 0.6 is 23.4 Å². The number of hydrogen-bond donors (Lipinski definition) is 2. The molecule has 6 heteroatoms. The number of thioether (sulfide) groups is 1. The van der Waals surface area contributed by atoms with Gasteiger partial charge in [-0.3, -0.25) is 9.59 Å². The molecule has 0 saturated heterocycles. The molecule has 104 valence electrons. The highest BCUT2D eigenvalue weighted by Crippen LogP contribution is 2.20. The summed E-state index contributed by atoms with van der Waals surface area (Å²) in [6.45, 7) is 0.413. The third-order valence-corrected chi connectivity index (χ3v) is 3.57. The van der Waals surface area contributed by atoms with Gasteiger partial charge in [0.25, 0.3) is 0 Å². The van der Waals surface area contributed by atoms with Gasteiger partial charge in [-0.05, 0) is 30.7 Å². The lowest BCUT2D eigenvalue weighted by atomic mass is 10.3. The lowest BCUT2D eigenvalue weighted by Gasteiger charge is -2.04. The standard InChI is InChI=1S/C13H16ClNO3S/c14-10-3-5-11(6-4-10)19-9-7-12(16)15-8-1-2-13(17)18/h3-6H,1-2,7-9H2,(H,15,16)(H,17,18). The number of benzene rings is 1. The Bertz CT molecular complexity index is 422. The van der Waals surface area contributed by atoms with Gasteiger partial charge in [0.15, 0.2) is 0 Å². The first-order chi connectivity index (χ1) is 9.08. The molecule has 19 heavy (non-hydrogen) atoms. The molecule has 0 bridgehead atoms. The van der Waals surface area contributed by atoms with E-state index >= 15 is 0 Å². The number of halogens is 1. The fourth-order valence-electron chi connectivity index (χ4n) is 1.35. The molecule has 4 nitrogen and oxygen atoms in total. The summed E-state index contributed by atoms with van der Waals surface area (Å²) in [5.74, 6) is -0.203. The number of carboxylic acid groups (broad SMARTS) is 1. The maximum absolute atomic E-state index is 11.4. The van der Waals surface area contributed by atoms with Gasteiger partial charge < -0.3 is 10.4 Å². The van der Waals surface area contributed by atoms with Gasteiger partial charge in [-0.1, -0.05) is 11.6 Å². The minimum absolute atomic E-state index is 0.0492. The Kier molecular flexibility index (Phi) is 7.36. The van der Waals surface area contributed by atoms with Crippen molar-refractivity contribution in [1.82, 2.24) is 5.32 Å². The summed E-state index contributed by atoms with van der Waals surface area (Å²) >= 11 is 7.36. The van der Waals surface area contributed by atoms with E-state index in [9.17, 15) is 9.59 Å². The van der Waals surface area contributed by atoms with E-state index in [2.05, 4.69) is 5.32 Å². The van der Waals surface area contributed by atoms with Gasteiger partial charge in [-0.2, -0.15) is 0 Å². The molecular weight excluding hydrogens is 286 g/mol. The molecule has 0 fully saturated rings. The summed E-state index contributed by atoms with van der Waals surface area (Å²) in [5.41, 5.74) is 0. The van der Waals surface area contributed by atoms with Crippen LogP contribution in [-0.2, 0) is 9.59 Å². The first-order valence-corrected chi connectivity index (χ1v) is 7.31. The van der Waals surface area contributed by atoms with Crippen LogP contribution in [0.3, 0.4) is 0 Å². The molecule has 0 saturated carbocycles. The van der Waals surface area contributed by atoms with E-state index in [0.717, 1.165) is 4.90 Å². The first-order valence-electron chi connectivity index (χ1n) is 5.95. The third-order valence-electron chi connectivity index (χ3n) is 2.30. The lowest BCUT2D eigenvalue weighted by molar-refractivity contribution is -0.137. The van der Waals surface area contributed by atoms with Crippen LogP contribution in [0.15, 0.2) is 29.2 Å². The van der Waals surface area contributed by atoms with Gasteiger partial charge in [-0.15, -0.1) is 11.8 Å². The van der Waals surface area contributed by atoms with Crippen LogP contribution in [0.1, 0.15) is 19.3 Å². The van der Waals surface area contributed by atoms with Crippen molar-refractivity contribution in [3.63, 3.8) is 0 Å². The molecule has 0 aromatic heterocycles. The normalized spacial score (nSPS) is 10.2. The first kappa shape index (κ1) is 15.9. The largest absolute Gasteiger partial charge is 0.481 e. The highest BCUT2D eigenvalue weighted by atomic mass is 35.5. The maximum Gasteiger partial charge on any atom is 0.303 e. The number of hydrogen-bond acceptors (Lipinski definition) is 3. The Morgan fingerprint density at radius 3 is 2.53 bits per heavy atom. The van der Waals surface area contributed by atoms with Crippen molar-refractivity contribution in [1.29, 1.82) is 0 Å². The average Bonchev–Trinajstić information content (AvgIpc) is 2.37. The Hall–Kier alpha value is -1.20. The fourth-order valence-corrected chi connectivity index (χ4v) is 2.33. The van der Waals surface area contributed by atoms with E-state index in [0.29, 0.717) is 30.2 Å². The van der Waals surface area contributed by atoms with E-state index in [1.54, 1.807) is 11.8 Å². The predicted molar refractivity (Wildman–Crippen MR) is 76.7 cm³/mol. The molecule has 0 aliphatic rings. The quantitative estimate of drug-likeness (QED) is 0.572. The zero-order valence-corrected chi connectivity index (χ0v) is 12.0. The monoisotopic (exact) mass is 301 g/mol. The maximum atomic E-state index is 11.4. The molecule has 0 radical (unpaired) electrons. The van der Waals surface area contributed by atoms with E-state index in [1.165, 1.54) is 0 Å². The summed E-state index contributed by atoms with van der Waals surface area (Å²) < 4.78 is 0. The van der Waals surface area contributed by atoms with E-state index in [4.69, 9.17) is 16.7 Å². The zero-order valence-electron chi connectivity index (χ0n) is 10.4. The van der Waals surface area contributed by atoms with Crippen LogP contribution in [0.5, 0.6) is 0 Å². The van der Waals surface area contributed by atoms with Crippen molar-refractivity contribution in [3.05, 3.63) is 29.3 Å². The number of carbonyl (C=O) groups excluding carboxylic acids is 1. The molecule has 2 N–H and O–H groups in total. The van der Waals surface area contributed by atoms with E-state index < -0.39 is 5.97 Å². The van der Waals surface area contributed by atoms with E-state index in [-0.39, 0.29) is 12.3 Å². The minimum atomic E-state index is -0.840. The van der Waals surface area contributed by atoms with Crippen molar-refractivity contribution in [2.45, 2.75) is 24.2 Å². The van der Waals surface area contributed by atoms with Crippen molar-refractivity contribution in [2.75, 3.05) is 12.3 Å². The molecule has 0 atom stereocenters. The van der Waals surface area contributed by atoms with E-state index in [1.807, 2.05) is 24.3 Å². The summed E-state index contributed by atoms with van der Waals surface area (Å²) in [6, 6.07) is 7.46. The highest BCUT2D eigenvalue weighted by molar-refractivity contribution is 7.99. The number of aliphatic carboxylic acids is 1. The van der Waals surface area contributed by atoms with Crippen LogP contribution in [0.25, 0.3) is 0 Å². The summed E-state index contributed by atoms with van der Waals surface area (Å²) in [6.07, 6.45) is 0.964. The second-order valence-electron chi connectivity index (χ2n) is 3.90. The Balaban J connectivity index is 2.10. The molecule has 0 aliphatic heterocycles. The molecule has 0 spiro atoms. The molecule has 0 unspecified atom stereocenters. The number of amides is 1. The van der Waals surface area contributed by atoms with Gasteiger partial charge >= 0.3 is 5.97 Å². The van der Waals surface area contributed by atoms with Crippen LogP contribution in [0.4, 0.5) is 0 Å². The second kappa shape index (κ2) is 8.82. The minimum Gasteiger partial charge on any atom is -0.481 e. The number of carboxylic acids is 1. The molecule has 1 rings (SSSR count). The fraction of sp³-hybridized carbons (Fsp3) is 0.385. The van der Waals surface area contributed by atoms with Gasteiger partial charge in [0.05, 0.1) is 0 Å². The molecule has 1 amide bonds. The Morgan fingerprint density at radius 1 is 1.21 bits per heavy atom. The molecule has 1 aromatic rings.